The summed E-state index contributed by atoms with van der Waals surface area (Å²) in [7, 11) is 0. The second kappa shape index (κ2) is 6.07. The molecule has 1 aromatic carbocycles. The molecule has 0 saturated heterocycles. The Bertz CT molecular complexity index is 565. The van der Waals surface area contributed by atoms with Gasteiger partial charge in [-0.2, -0.15) is 0 Å². The van der Waals surface area contributed by atoms with Crippen molar-refractivity contribution in [3.63, 3.8) is 0 Å². The van der Waals surface area contributed by atoms with Crippen LogP contribution in [0, 0.1) is 17.6 Å². The first-order chi connectivity index (χ1) is 9.88. The fourth-order valence-electron chi connectivity index (χ4n) is 2.39. The molecule has 2 rings (SSSR count). The number of halogens is 2. The fraction of sp³-hybridized carbons (Fsp3) is 0.429. The molecule has 0 spiro atoms. The number of hydrogen-bond acceptors (Lipinski definition) is 3. The van der Waals surface area contributed by atoms with Gasteiger partial charge in [0.2, 0.25) is 0 Å². The van der Waals surface area contributed by atoms with E-state index in [4.69, 9.17) is 14.9 Å². The Morgan fingerprint density at radius 1 is 1.05 bits per heavy atom. The van der Waals surface area contributed by atoms with Gasteiger partial charge in [-0.15, -0.1) is 0 Å². The fourth-order valence-corrected chi connectivity index (χ4v) is 2.39. The van der Waals surface area contributed by atoms with Crippen molar-refractivity contribution in [3.8, 4) is 5.75 Å². The van der Waals surface area contributed by atoms with Gasteiger partial charge in [0.25, 0.3) is 0 Å². The summed E-state index contributed by atoms with van der Waals surface area (Å²) >= 11 is 0. The highest BCUT2D eigenvalue weighted by molar-refractivity contribution is 5.88. The van der Waals surface area contributed by atoms with E-state index in [0.29, 0.717) is 31.7 Å². The summed E-state index contributed by atoms with van der Waals surface area (Å²) < 4.78 is 32.2. The summed E-state index contributed by atoms with van der Waals surface area (Å²) in [5.41, 5.74) is -0.661. The molecule has 0 aliphatic heterocycles. The van der Waals surface area contributed by atoms with E-state index < -0.39 is 41.2 Å². The minimum Gasteiger partial charge on any atom is -0.487 e. The van der Waals surface area contributed by atoms with Crippen LogP contribution in [-0.4, -0.2) is 28.3 Å². The summed E-state index contributed by atoms with van der Waals surface area (Å²) in [4.78, 5) is 21.6. The maximum Gasteiger partial charge on any atom is 0.338 e. The maximum absolute atomic E-state index is 13.6. The highest BCUT2D eigenvalue weighted by Gasteiger charge is 2.28. The van der Waals surface area contributed by atoms with Gasteiger partial charge in [-0.3, -0.25) is 4.79 Å². The minimum atomic E-state index is -1.51. The first-order valence-electron chi connectivity index (χ1n) is 6.50. The Labute approximate surface area is 119 Å². The van der Waals surface area contributed by atoms with Crippen LogP contribution in [0.25, 0.3) is 0 Å². The summed E-state index contributed by atoms with van der Waals surface area (Å²) in [6, 6.07) is 1.29. The van der Waals surface area contributed by atoms with Crippen molar-refractivity contribution in [2.24, 2.45) is 5.92 Å². The third kappa shape index (κ3) is 3.48. The second-order valence-corrected chi connectivity index (χ2v) is 5.00. The molecule has 114 valence electrons. The molecular formula is C14H14F2O5. The van der Waals surface area contributed by atoms with Crippen LogP contribution in [-0.2, 0) is 4.79 Å². The molecule has 0 unspecified atom stereocenters. The molecule has 5 nitrogen and oxygen atoms in total. The standard InChI is InChI=1S/C14H14F2O5/c15-10-6-11(16)12(5-9(10)14(19)20)21-8-3-1-7(2-4-8)13(17)18/h5-8H,1-4H2,(H,17,18)(H,19,20). The molecule has 1 aliphatic rings. The Morgan fingerprint density at radius 3 is 2.19 bits per heavy atom. The van der Waals surface area contributed by atoms with Gasteiger partial charge in [-0.05, 0) is 25.7 Å². The van der Waals surface area contributed by atoms with Gasteiger partial charge in [0.15, 0.2) is 11.6 Å². The van der Waals surface area contributed by atoms with E-state index in [9.17, 15) is 18.4 Å². The molecule has 2 N–H and O–H groups in total. The van der Waals surface area contributed by atoms with Gasteiger partial charge in [0, 0.05) is 12.1 Å². The molecule has 1 aliphatic carbocycles. The average Bonchev–Trinajstić information content (AvgIpc) is 2.42. The predicted molar refractivity (Wildman–Crippen MR) is 67.3 cm³/mol. The number of benzene rings is 1. The molecule has 1 fully saturated rings. The van der Waals surface area contributed by atoms with Gasteiger partial charge in [-0.25, -0.2) is 13.6 Å². The zero-order valence-electron chi connectivity index (χ0n) is 11.0. The minimum absolute atomic E-state index is 0.326. The van der Waals surface area contributed by atoms with Crippen molar-refractivity contribution in [1.29, 1.82) is 0 Å². The Hall–Kier alpha value is -2.18. The topological polar surface area (TPSA) is 83.8 Å². The molecule has 0 atom stereocenters. The van der Waals surface area contributed by atoms with Gasteiger partial charge < -0.3 is 14.9 Å². The van der Waals surface area contributed by atoms with E-state index in [0.717, 1.165) is 6.07 Å². The smallest absolute Gasteiger partial charge is 0.338 e. The molecule has 0 radical (unpaired) electrons. The lowest BCUT2D eigenvalue weighted by molar-refractivity contribution is -0.143. The number of carboxylic acids is 2. The van der Waals surface area contributed by atoms with E-state index in [1.54, 1.807) is 0 Å². The lowest BCUT2D eigenvalue weighted by atomic mass is 9.87. The molecule has 21 heavy (non-hydrogen) atoms. The Kier molecular flexibility index (Phi) is 4.40. The number of carbonyl (C=O) groups is 2. The van der Waals surface area contributed by atoms with E-state index in [-0.39, 0.29) is 5.75 Å². The van der Waals surface area contributed by atoms with Crippen LogP contribution in [0.5, 0.6) is 5.75 Å². The largest absolute Gasteiger partial charge is 0.487 e. The SMILES string of the molecule is O=C(O)c1cc(OC2CCC(C(=O)O)CC2)c(F)cc1F. The number of hydrogen-bond donors (Lipinski definition) is 2. The third-order valence-corrected chi connectivity index (χ3v) is 3.57. The summed E-state index contributed by atoms with van der Waals surface area (Å²) in [5.74, 6) is -5.27. The molecule has 0 bridgehead atoms. The second-order valence-electron chi connectivity index (χ2n) is 5.00. The van der Waals surface area contributed by atoms with E-state index >= 15 is 0 Å². The van der Waals surface area contributed by atoms with Crippen molar-refractivity contribution in [3.05, 3.63) is 29.3 Å². The van der Waals surface area contributed by atoms with Crippen molar-refractivity contribution in [2.75, 3.05) is 0 Å². The molecular weight excluding hydrogens is 286 g/mol. The van der Waals surface area contributed by atoms with Crippen LogP contribution < -0.4 is 4.74 Å². The maximum atomic E-state index is 13.6. The summed E-state index contributed by atoms with van der Waals surface area (Å²) in [6.07, 6.45) is 1.28. The highest BCUT2D eigenvalue weighted by atomic mass is 19.1. The molecule has 0 aromatic heterocycles. The quantitative estimate of drug-likeness (QED) is 0.893. The zero-order valence-corrected chi connectivity index (χ0v) is 11.0. The zero-order chi connectivity index (χ0) is 15.6. The van der Waals surface area contributed by atoms with Gasteiger partial charge in [0.1, 0.15) is 5.82 Å². The van der Waals surface area contributed by atoms with E-state index in [1.165, 1.54) is 0 Å². The number of ether oxygens (including phenoxy) is 1. The lowest BCUT2D eigenvalue weighted by Gasteiger charge is -2.27. The normalized spacial score (nSPS) is 21.8. The predicted octanol–water partition coefficient (Wildman–Crippen LogP) is 2.69. The Balaban J connectivity index is 2.08. The third-order valence-electron chi connectivity index (χ3n) is 3.57. The molecule has 0 heterocycles. The molecule has 1 aromatic rings. The highest BCUT2D eigenvalue weighted by Crippen LogP contribution is 2.30. The van der Waals surface area contributed by atoms with Crippen molar-refractivity contribution in [1.82, 2.24) is 0 Å². The van der Waals surface area contributed by atoms with E-state index in [2.05, 4.69) is 0 Å². The Morgan fingerprint density at radius 2 is 1.67 bits per heavy atom. The van der Waals surface area contributed by atoms with Crippen LogP contribution in [0.15, 0.2) is 12.1 Å². The van der Waals surface area contributed by atoms with Crippen LogP contribution in [0.2, 0.25) is 0 Å². The van der Waals surface area contributed by atoms with Crippen LogP contribution in [0.4, 0.5) is 8.78 Å². The average molecular weight is 300 g/mol. The first kappa shape index (κ1) is 15.2. The molecule has 7 heteroatoms. The molecule has 1 saturated carbocycles. The summed E-state index contributed by atoms with van der Waals surface area (Å²) in [6.45, 7) is 0. The van der Waals surface area contributed by atoms with Crippen LogP contribution in [0.1, 0.15) is 36.0 Å². The van der Waals surface area contributed by atoms with Gasteiger partial charge >= 0.3 is 11.9 Å². The van der Waals surface area contributed by atoms with Crippen molar-refractivity contribution >= 4 is 11.9 Å². The van der Waals surface area contributed by atoms with Crippen molar-refractivity contribution in [2.45, 2.75) is 31.8 Å². The summed E-state index contributed by atoms with van der Waals surface area (Å²) in [5, 5.41) is 17.7. The number of aliphatic carboxylic acids is 1. The van der Waals surface area contributed by atoms with Crippen molar-refractivity contribution < 1.29 is 33.3 Å². The van der Waals surface area contributed by atoms with Gasteiger partial charge in [0.05, 0.1) is 17.6 Å². The van der Waals surface area contributed by atoms with E-state index in [1.807, 2.05) is 0 Å². The number of carboxylic acid groups (broad SMARTS) is 2. The van der Waals surface area contributed by atoms with Crippen LogP contribution in [0.3, 0.4) is 0 Å². The number of rotatable bonds is 4. The van der Waals surface area contributed by atoms with Gasteiger partial charge in [-0.1, -0.05) is 0 Å². The van der Waals surface area contributed by atoms with Crippen LogP contribution >= 0.6 is 0 Å². The first-order valence-corrected chi connectivity index (χ1v) is 6.50. The molecule has 0 amide bonds. The monoisotopic (exact) mass is 300 g/mol. The lowest BCUT2D eigenvalue weighted by Crippen LogP contribution is -2.28. The number of aromatic carboxylic acids is 1.